The van der Waals surface area contributed by atoms with Gasteiger partial charge in [0, 0.05) is 5.41 Å². The fourth-order valence-electron chi connectivity index (χ4n) is 3.49. The zero-order valence-electron chi connectivity index (χ0n) is 12.1. The van der Waals surface area contributed by atoms with E-state index in [4.69, 9.17) is 5.84 Å². The molecule has 0 spiro atoms. The Morgan fingerprint density at radius 3 is 2.33 bits per heavy atom. The molecular formula is C15H24N2S. The molecule has 1 aliphatic carbocycles. The lowest BCUT2D eigenvalue weighted by Crippen LogP contribution is -2.64. The lowest BCUT2D eigenvalue weighted by molar-refractivity contribution is 0.123. The summed E-state index contributed by atoms with van der Waals surface area (Å²) in [5.74, 6) is 6.35. The Balaban J connectivity index is 2.18. The lowest BCUT2D eigenvalue weighted by Gasteiger charge is -2.54. The van der Waals surface area contributed by atoms with E-state index in [1.165, 1.54) is 29.0 Å². The van der Waals surface area contributed by atoms with Gasteiger partial charge in [-0.15, -0.1) is 0 Å². The molecule has 1 aromatic carbocycles. The maximum Gasteiger partial charge on any atom is 0.0628 e. The Hall–Kier alpha value is -0.670. The number of anilines is 1. The first-order chi connectivity index (χ1) is 8.20. The van der Waals surface area contributed by atoms with E-state index in [1.807, 2.05) is 5.01 Å². The summed E-state index contributed by atoms with van der Waals surface area (Å²) in [7, 11) is -0.665. The molecule has 2 unspecified atom stereocenters. The number of nitrogens with two attached hydrogens (primary N) is 1. The number of benzene rings is 1. The molecule has 2 N–H and O–H groups in total. The zero-order chi connectivity index (χ0) is 13.3. The first kappa shape index (κ1) is 12.4. The molecule has 3 rings (SSSR count). The molecule has 1 fully saturated rings. The average molecular weight is 264 g/mol. The molecule has 0 bridgehead atoms. The van der Waals surface area contributed by atoms with Gasteiger partial charge < -0.3 is 5.01 Å². The molecule has 0 radical (unpaired) electrons. The van der Waals surface area contributed by atoms with Crippen molar-refractivity contribution in [1.82, 2.24) is 0 Å². The normalized spacial score (nSPS) is 34.9. The predicted octanol–water partition coefficient (Wildman–Crippen LogP) is 3.24. The number of hydrazine groups is 1. The minimum atomic E-state index is -0.665. The molecule has 1 aliphatic heterocycles. The van der Waals surface area contributed by atoms with E-state index in [2.05, 4.69) is 50.8 Å². The summed E-state index contributed by atoms with van der Waals surface area (Å²) in [4.78, 5) is 1.49. The summed E-state index contributed by atoms with van der Waals surface area (Å²) in [6.45, 7) is 4.68. The van der Waals surface area contributed by atoms with Crippen LogP contribution < -0.4 is 10.9 Å². The van der Waals surface area contributed by atoms with Gasteiger partial charge >= 0.3 is 0 Å². The fraction of sp³-hybridized carbons (Fsp3) is 0.600. The second-order valence-electron chi connectivity index (χ2n) is 6.99. The Labute approximate surface area is 112 Å². The standard InChI is InChI=1S/C15H24N2S/c1-14-8-9-15(14,2)17(16)13-7-6-11(10-12(13)14)18(3,4)5/h6-7,10H,8-9,16H2,1-5H3. The van der Waals surface area contributed by atoms with Crippen LogP contribution in [0.4, 0.5) is 5.69 Å². The maximum atomic E-state index is 6.35. The van der Waals surface area contributed by atoms with Gasteiger partial charge in [-0.2, -0.15) is 0 Å². The van der Waals surface area contributed by atoms with Crippen molar-refractivity contribution in [2.75, 3.05) is 23.8 Å². The lowest BCUT2D eigenvalue weighted by atomic mass is 9.55. The van der Waals surface area contributed by atoms with Crippen LogP contribution in [-0.4, -0.2) is 24.3 Å². The topological polar surface area (TPSA) is 29.3 Å². The van der Waals surface area contributed by atoms with Gasteiger partial charge in [0.15, 0.2) is 0 Å². The van der Waals surface area contributed by atoms with Crippen LogP contribution >= 0.6 is 10.0 Å². The van der Waals surface area contributed by atoms with Crippen LogP contribution in [-0.2, 0) is 5.41 Å². The molecule has 2 atom stereocenters. The van der Waals surface area contributed by atoms with Crippen molar-refractivity contribution >= 4 is 15.7 Å². The largest absolute Gasteiger partial charge is 0.304 e. The van der Waals surface area contributed by atoms with E-state index >= 15 is 0 Å². The smallest absolute Gasteiger partial charge is 0.0628 e. The van der Waals surface area contributed by atoms with Crippen molar-refractivity contribution in [3.8, 4) is 0 Å². The predicted molar refractivity (Wildman–Crippen MR) is 81.7 cm³/mol. The molecule has 0 aromatic heterocycles. The fourth-order valence-corrected chi connectivity index (χ4v) is 4.43. The molecule has 1 aromatic rings. The highest BCUT2D eigenvalue weighted by molar-refractivity contribution is 8.32. The van der Waals surface area contributed by atoms with Crippen molar-refractivity contribution in [1.29, 1.82) is 0 Å². The Kier molecular flexibility index (Phi) is 2.24. The van der Waals surface area contributed by atoms with Crippen LogP contribution in [0.3, 0.4) is 0 Å². The van der Waals surface area contributed by atoms with Gasteiger partial charge in [-0.25, -0.2) is 15.9 Å². The van der Waals surface area contributed by atoms with E-state index in [9.17, 15) is 0 Å². The highest BCUT2D eigenvalue weighted by atomic mass is 32.3. The van der Waals surface area contributed by atoms with E-state index in [0.29, 0.717) is 0 Å². The number of hydrogen-bond donors (Lipinski definition) is 1. The third-order valence-corrected chi connectivity index (χ3v) is 7.03. The monoisotopic (exact) mass is 264 g/mol. The molecule has 3 heteroatoms. The number of hydrogen-bond acceptors (Lipinski definition) is 2. The Morgan fingerprint density at radius 2 is 1.83 bits per heavy atom. The molecule has 1 saturated carbocycles. The molecule has 100 valence electrons. The van der Waals surface area contributed by atoms with E-state index in [-0.39, 0.29) is 11.0 Å². The summed E-state index contributed by atoms with van der Waals surface area (Å²) in [5.41, 5.74) is 3.09. The highest BCUT2D eigenvalue weighted by Gasteiger charge is 2.62. The second kappa shape index (κ2) is 3.26. The zero-order valence-corrected chi connectivity index (χ0v) is 12.9. The van der Waals surface area contributed by atoms with Crippen molar-refractivity contribution in [2.24, 2.45) is 5.84 Å². The summed E-state index contributed by atoms with van der Waals surface area (Å²) in [6.07, 6.45) is 9.52. The minimum absolute atomic E-state index is 0.126. The Morgan fingerprint density at radius 1 is 1.17 bits per heavy atom. The van der Waals surface area contributed by atoms with Crippen LogP contribution in [0.5, 0.6) is 0 Å². The summed E-state index contributed by atoms with van der Waals surface area (Å²) in [5, 5.41) is 2.02. The van der Waals surface area contributed by atoms with E-state index in [0.717, 1.165) is 0 Å². The quantitative estimate of drug-likeness (QED) is 0.789. The van der Waals surface area contributed by atoms with Crippen molar-refractivity contribution in [3.05, 3.63) is 23.8 Å². The van der Waals surface area contributed by atoms with Crippen LogP contribution in [0, 0.1) is 0 Å². The average Bonchev–Trinajstić information content (AvgIpc) is 2.41. The SMILES string of the molecule is CC12CCC1(C)N(N)c1ccc(S(C)(C)C)cc12. The van der Waals surface area contributed by atoms with Gasteiger partial charge in [0.1, 0.15) is 0 Å². The Bertz CT molecular complexity index is 520. The molecule has 2 nitrogen and oxygen atoms in total. The van der Waals surface area contributed by atoms with Gasteiger partial charge in [0.2, 0.25) is 0 Å². The first-order valence-electron chi connectivity index (χ1n) is 6.58. The second-order valence-corrected chi connectivity index (χ2v) is 11.1. The molecule has 2 aliphatic rings. The number of rotatable bonds is 1. The third-order valence-electron chi connectivity index (χ3n) is 5.36. The van der Waals surface area contributed by atoms with Crippen molar-refractivity contribution in [3.63, 3.8) is 0 Å². The van der Waals surface area contributed by atoms with Crippen LogP contribution in [0.1, 0.15) is 32.3 Å². The first-order valence-corrected chi connectivity index (χ1v) is 9.44. The molecule has 1 heterocycles. The van der Waals surface area contributed by atoms with Crippen molar-refractivity contribution < 1.29 is 0 Å². The summed E-state index contributed by atoms with van der Waals surface area (Å²) >= 11 is 0. The number of nitrogens with zero attached hydrogens (tertiary/aromatic N) is 1. The van der Waals surface area contributed by atoms with Crippen LogP contribution in [0.15, 0.2) is 23.1 Å². The highest BCUT2D eigenvalue weighted by Crippen LogP contribution is 2.62. The third kappa shape index (κ3) is 1.24. The van der Waals surface area contributed by atoms with Crippen molar-refractivity contribution in [2.45, 2.75) is 42.5 Å². The van der Waals surface area contributed by atoms with Gasteiger partial charge in [0.05, 0.1) is 11.2 Å². The molecular weight excluding hydrogens is 240 g/mol. The van der Waals surface area contributed by atoms with Gasteiger partial charge in [-0.1, -0.05) is 6.92 Å². The minimum Gasteiger partial charge on any atom is -0.304 e. The number of fused-ring (bicyclic) bond motifs is 3. The molecule has 0 saturated heterocycles. The maximum absolute atomic E-state index is 6.35. The van der Waals surface area contributed by atoms with Crippen LogP contribution in [0.25, 0.3) is 0 Å². The van der Waals surface area contributed by atoms with E-state index in [1.54, 1.807) is 0 Å². The summed E-state index contributed by atoms with van der Waals surface area (Å²) in [6, 6.07) is 6.93. The van der Waals surface area contributed by atoms with E-state index < -0.39 is 10.0 Å². The van der Waals surface area contributed by atoms with Crippen LogP contribution in [0.2, 0.25) is 0 Å². The molecule has 18 heavy (non-hydrogen) atoms. The summed E-state index contributed by atoms with van der Waals surface area (Å²) < 4.78 is 0. The molecule has 0 amide bonds. The van der Waals surface area contributed by atoms with Gasteiger partial charge in [0.25, 0.3) is 0 Å². The van der Waals surface area contributed by atoms with Gasteiger partial charge in [-0.3, -0.25) is 0 Å². The van der Waals surface area contributed by atoms with Gasteiger partial charge in [-0.05, 0) is 67.2 Å².